The topological polar surface area (TPSA) is 60.0 Å². The third kappa shape index (κ3) is 10.7. The van der Waals surface area contributed by atoms with Crippen molar-refractivity contribution in [1.29, 1.82) is 0 Å². The molecule has 0 saturated heterocycles. The average Bonchev–Trinajstić information content (AvgIpc) is 2.27. The molecule has 17 heavy (non-hydrogen) atoms. The first-order valence-electron chi connectivity index (χ1n) is 6.21. The minimum absolute atomic E-state index is 0.0111. The smallest absolute Gasteiger partial charge is 0.0897 e. The Balaban J connectivity index is 3.42. The quantitative estimate of drug-likeness (QED) is 0.555. The van der Waals surface area contributed by atoms with E-state index >= 15 is 0 Å². The molecule has 5 heteroatoms. The van der Waals surface area contributed by atoms with Gasteiger partial charge in [0.25, 0.3) is 0 Å². The highest BCUT2D eigenvalue weighted by Crippen LogP contribution is 1.94. The van der Waals surface area contributed by atoms with Crippen LogP contribution in [0, 0.1) is 0 Å². The molecule has 3 unspecified atom stereocenters. The summed E-state index contributed by atoms with van der Waals surface area (Å²) >= 11 is 0. The van der Waals surface area contributed by atoms with E-state index in [0.717, 1.165) is 6.54 Å². The highest BCUT2D eigenvalue weighted by Gasteiger charge is 2.08. The first kappa shape index (κ1) is 16.8. The Labute approximate surface area is 104 Å². The standard InChI is InChI=1S/C12H27NO4/c1-5-16-10(2)6-13-7-12(14)9-17-11(3)8-15-4/h10-14H,5-9H2,1-4H3. The van der Waals surface area contributed by atoms with Crippen molar-refractivity contribution < 1.29 is 19.3 Å². The fourth-order valence-corrected chi connectivity index (χ4v) is 1.41. The van der Waals surface area contributed by atoms with E-state index in [-0.39, 0.29) is 12.2 Å². The summed E-state index contributed by atoms with van der Waals surface area (Å²) in [5, 5.41) is 12.8. The second kappa shape index (κ2) is 10.9. The van der Waals surface area contributed by atoms with Crippen LogP contribution in [0.5, 0.6) is 0 Å². The van der Waals surface area contributed by atoms with Gasteiger partial charge in [0.1, 0.15) is 0 Å². The van der Waals surface area contributed by atoms with E-state index in [1.165, 1.54) is 0 Å². The lowest BCUT2D eigenvalue weighted by Crippen LogP contribution is -2.36. The van der Waals surface area contributed by atoms with Crippen LogP contribution >= 0.6 is 0 Å². The van der Waals surface area contributed by atoms with Gasteiger partial charge >= 0.3 is 0 Å². The molecule has 0 aliphatic rings. The highest BCUT2D eigenvalue weighted by molar-refractivity contribution is 4.62. The highest BCUT2D eigenvalue weighted by atomic mass is 16.5. The molecule has 0 aromatic rings. The first-order chi connectivity index (χ1) is 8.10. The molecule has 0 aromatic carbocycles. The maximum atomic E-state index is 9.64. The van der Waals surface area contributed by atoms with E-state index in [1.807, 2.05) is 20.8 Å². The number of hydrogen-bond donors (Lipinski definition) is 2. The Kier molecular flexibility index (Phi) is 10.8. The Morgan fingerprint density at radius 1 is 1.06 bits per heavy atom. The molecule has 0 saturated carbocycles. The van der Waals surface area contributed by atoms with Gasteiger partial charge in [-0.1, -0.05) is 0 Å². The summed E-state index contributed by atoms with van der Waals surface area (Å²) in [6.45, 7) is 8.71. The summed E-state index contributed by atoms with van der Waals surface area (Å²) in [6, 6.07) is 0. The Morgan fingerprint density at radius 3 is 2.35 bits per heavy atom. The molecule has 0 rings (SSSR count). The Bertz CT molecular complexity index is 169. The normalized spacial score (nSPS) is 16.8. The molecule has 5 nitrogen and oxygen atoms in total. The van der Waals surface area contributed by atoms with Gasteiger partial charge in [0.2, 0.25) is 0 Å². The second-order valence-electron chi connectivity index (χ2n) is 4.18. The minimum atomic E-state index is -0.497. The third-order valence-electron chi connectivity index (χ3n) is 2.24. The van der Waals surface area contributed by atoms with Crippen molar-refractivity contribution in [3.05, 3.63) is 0 Å². The van der Waals surface area contributed by atoms with E-state index in [4.69, 9.17) is 14.2 Å². The predicted octanol–water partition coefficient (Wildman–Crippen LogP) is 0.413. The maximum Gasteiger partial charge on any atom is 0.0897 e. The summed E-state index contributed by atoms with van der Waals surface area (Å²) in [6.07, 6.45) is -0.319. The van der Waals surface area contributed by atoms with Crippen molar-refractivity contribution in [2.75, 3.05) is 40.0 Å². The lowest BCUT2D eigenvalue weighted by Gasteiger charge is -2.17. The van der Waals surface area contributed by atoms with Gasteiger partial charge in [-0.3, -0.25) is 0 Å². The van der Waals surface area contributed by atoms with E-state index in [1.54, 1.807) is 7.11 Å². The molecule has 0 aliphatic carbocycles. The van der Waals surface area contributed by atoms with Gasteiger partial charge in [0, 0.05) is 26.8 Å². The van der Waals surface area contributed by atoms with Crippen LogP contribution in [-0.2, 0) is 14.2 Å². The van der Waals surface area contributed by atoms with Crippen LogP contribution in [0.1, 0.15) is 20.8 Å². The van der Waals surface area contributed by atoms with Crippen molar-refractivity contribution in [3.8, 4) is 0 Å². The van der Waals surface area contributed by atoms with Gasteiger partial charge in [0.05, 0.1) is 31.5 Å². The summed E-state index contributed by atoms with van der Waals surface area (Å²) in [5.74, 6) is 0. The number of ether oxygens (including phenoxy) is 3. The van der Waals surface area contributed by atoms with Crippen molar-refractivity contribution in [2.24, 2.45) is 0 Å². The monoisotopic (exact) mass is 249 g/mol. The molecule has 0 spiro atoms. The van der Waals surface area contributed by atoms with E-state index < -0.39 is 6.10 Å². The van der Waals surface area contributed by atoms with Gasteiger partial charge in [-0.2, -0.15) is 0 Å². The lowest BCUT2D eigenvalue weighted by atomic mass is 10.3. The van der Waals surface area contributed by atoms with Crippen molar-refractivity contribution in [2.45, 2.75) is 39.1 Å². The van der Waals surface area contributed by atoms with Crippen LogP contribution in [0.15, 0.2) is 0 Å². The molecule has 0 aromatic heterocycles. The van der Waals surface area contributed by atoms with Crippen molar-refractivity contribution in [1.82, 2.24) is 5.32 Å². The Hall–Kier alpha value is -0.200. The van der Waals surface area contributed by atoms with E-state index in [9.17, 15) is 5.11 Å². The molecule has 0 amide bonds. The van der Waals surface area contributed by atoms with Crippen molar-refractivity contribution >= 4 is 0 Å². The molecule has 2 N–H and O–H groups in total. The van der Waals surface area contributed by atoms with Crippen LogP contribution < -0.4 is 5.32 Å². The molecule has 0 aliphatic heterocycles. The molecule has 0 radical (unpaired) electrons. The zero-order valence-electron chi connectivity index (χ0n) is 11.4. The Morgan fingerprint density at radius 2 is 1.76 bits per heavy atom. The molecule has 0 heterocycles. The minimum Gasteiger partial charge on any atom is -0.389 e. The first-order valence-corrected chi connectivity index (χ1v) is 6.21. The average molecular weight is 249 g/mol. The number of hydrogen-bond acceptors (Lipinski definition) is 5. The van der Waals surface area contributed by atoms with E-state index in [2.05, 4.69) is 5.32 Å². The summed E-state index contributed by atoms with van der Waals surface area (Å²) < 4.78 is 15.7. The van der Waals surface area contributed by atoms with Crippen LogP contribution in [0.4, 0.5) is 0 Å². The molecule has 3 atom stereocenters. The van der Waals surface area contributed by atoms with Crippen LogP contribution in [0.3, 0.4) is 0 Å². The predicted molar refractivity (Wildman–Crippen MR) is 67.3 cm³/mol. The molecule has 0 bridgehead atoms. The van der Waals surface area contributed by atoms with Crippen LogP contribution in [0.2, 0.25) is 0 Å². The fourth-order valence-electron chi connectivity index (χ4n) is 1.41. The van der Waals surface area contributed by atoms with Gasteiger partial charge in [-0.15, -0.1) is 0 Å². The summed E-state index contributed by atoms with van der Waals surface area (Å²) in [7, 11) is 1.63. The molecule has 0 fully saturated rings. The van der Waals surface area contributed by atoms with Gasteiger partial charge in [-0.25, -0.2) is 0 Å². The molecular formula is C12H27NO4. The molecular weight excluding hydrogens is 222 g/mol. The third-order valence-corrected chi connectivity index (χ3v) is 2.24. The zero-order valence-corrected chi connectivity index (χ0v) is 11.4. The number of rotatable bonds is 11. The van der Waals surface area contributed by atoms with Gasteiger partial charge in [-0.05, 0) is 20.8 Å². The van der Waals surface area contributed by atoms with Crippen molar-refractivity contribution in [3.63, 3.8) is 0 Å². The summed E-state index contributed by atoms with van der Waals surface area (Å²) in [4.78, 5) is 0. The molecule has 104 valence electrons. The number of nitrogens with one attached hydrogen (secondary N) is 1. The maximum absolute atomic E-state index is 9.64. The van der Waals surface area contributed by atoms with Gasteiger partial charge < -0.3 is 24.6 Å². The van der Waals surface area contributed by atoms with Gasteiger partial charge in [0.15, 0.2) is 0 Å². The van der Waals surface area contributed by atoms with E-state index in [0.29, 0.717) is 26.4 Å². The van der Waals surface area contributed by atoms with Crippen LogP contribution in [-0.4, -0.2) is 63.4 Å². The SMILES string of the molecule is CCOC(C)CNCC(O)COC(C)COC. The van der Waals surface area contributed by atoms with Crippen LogP contribution in [0.25, 0.3) is 0 Å². The number of methoxy groups -OCH3 is 1. The second-order valence-corrected chi connectivity index (χ2v) is 4.18. The fraction of sp³-hybridized carbons (Fsp3) is 1.00. The number of aliphatic hydroxyl groups is 1. The largest absolute Gasteiger partial charge is 0.389 e. The zero-order chi connectivity index (χ0) is 13.1. The number of aliphatic hydroxyl groups excluding tert-OH is 1. The summed E-state index contributed by atoms with van der Waals surface area (Å²) in [5.41, 5.74) is 0. The lowest BCUT2D eigenvalue weighted by molar-refractivity contribution is -0.0318.